The zero-order valence-corrected chi connectivity index (χ0v) is 11.3. The first-order valence-electron chi connectivity index (χ1n) is 6.11. The average Bonchev–Trinajstić information content (AvgIpc) is 2.32. The Bertz CT molecular complexity index is 640. The number of aromatic amines is 1. The van der Waals surface area contributed by atoms with Crippen LogP contribution < -0.4 is 5.56 Å². The fourth-order valence-electron chi connectivity index (χ4n) is 1.88. The van der Waals surface area contributed by atoms with Crippen molar-refractivity contribution in [2.75, 3.05) is 0 Å². The van der Waals surface area contributed by atoms with Gasteiger partial charge in [0.25, 0.3) is 5.56 Å². The van der Waals surface area contributed by atoms with Crippen molar-refractivity contribution in [1.29, 1.82) is 0 Å². The van der Waals surface area contributed by atoms with Crippen molar-refractivity contribution in [1.82, 2.24) is 9.97 Å². The van der Waals surface area contributed by atoms with E-state index in [2.05, 4.69) is 9.97 Å². The number of aryl methyl sites for hydroxylation is 1. The van der Waals surface area contributed by atoms with Crippen molar-refractivity contribution in [3.63, 3.8) is 0 Å². The second kappa shape index (κ2) is 5.97. The standard InChI is InChI=1S/C14H14ClFN2O/c1-2-3-11-8-14(19)18-13(17-11)6-9-4-5-10(16)7-12(9)15/h4-5,7-8H,2-3,6H2,1H3,(H,17,18,19). The van der Waals surface area contributed by atoms with E-state index in [9.17, 15) is 9.18 Å². The molecule has 100 valence electrons. The highest BCUT2D eigenvalue weighted by Gasteiger charge is 2.06. The molecule has 0 saturated heterocycles. The van der Waals surface area contributed by atoms with E-state index in [-0.39, 0.29) is 11.4 Å². The van der Waals surface area contributed by atoms with E-state index in [1.807, 2.05) is 6.92 Å². The van der Waals surface area contributed by atoms with Gasteiger partial charge in [0, 0.05) is 23.2 Å². The minimum absolute atomic E-state index is 0.174. The second-order valence-electron chi connectivity index (χ2n) is 4.35. The van der Waals surface area contributed by atoms with Gasteiger partial charge in [-0.2, -0.15) is 0 Å². The van der Waals surface area contributed by atoms with Gasteiger partial charge in [-0.25, -0.2) is 9.37 Å². The predicted octanol–water partition coefficient (Wildman–Crippen LogP) is 3.11. The second-order valence-corrected chi connectivity index (χ2v) is 4.75. The molecule has 0 aliphatic heterocycles. The molecule has 5 heteroatoms. The molecule has 0 amide bonds. The number of benzene rings is 1. The van der Waals surface area contributed by atoms with Crippen LogP contribution >= 0.6 is 11.6 Å². The molecule has 0 aliphatic carbocycles. The third-order valence-electron chi connectivity index (χ3n) is 2.72. The first kappa shape index (κ1) is 13.7. The minimum Gasteiger partial charge on any atom is -0.310 e. The molecule has 0 saturated carbocycles. The van der Waals surface area contributed by atoms with Crippen molar-refractivity contribution in [2.45, 2.75) is 26.2 Å². The molecule has 19 heavy (non-hydrogen) atoms. The summed E-state index contributed by atoms with van der Waals surface area (Å²) in [6.45, 7) is 2.03. The third-order valence-corrected chi connectivity index (χ3v) is 3.07. The summed E-state index contributed by atoms with van der Waals surface area (Å²) in [6, 6.07) is 5.70. The lowest BCUT2D eigenvalue weighted by molar-refractivity contribution is 0.627. The fourth-order valence-corrected chi connectivity index (χ4v) is 2.11. The van der Waals surface area contributed by atoms with Crippen LogP contribution in [0.3, 0.4) is 0 Å². The Labute approximate surface area is 115 Å². The van der Waals surface area contributed by atoms with E-state index in [1.165, 1.54) is 18.2 Å². The zero-order chi connectivity index (χ0) is 13.8. The van der Waals surface area contributed by atoms with Gasteiger partial charge >= 0.3 is 0 Å². The van der Waals surface area contributed by atoms with Crippen LogP contribution in [0.4, 0.5) is 4.39 Å². The number of H-pyrrole nitrogens is 1. The van der Waals surface area contributed by atoms with Crippen LogP contribution in [0.5, 0.6) is 0 Å². The van der Waals surface area contributed by atoms with E-state index in [0.29, 0.717) is 17.3 Å². The summed E-state index contributed by atoms with van der Waals surface area (Å²) in [7, 11) is 0. The van der Waals surface area contributed by atoms with Crippen molar-refractivity contribution in [3.05, 3.63) is 62.5 Å². The lowest BCUT2D eigenvalue weighted by Gasteiger charge is -2.05. The summed E-state index contributed by atoms with van der Waals surface area (Å²) in [4.78, 5) is 18.6. The molecular weight excluding hydrogens is 267 g/mol. The molecule has 1 aromatic carbocycles. The highest BCUT2D eigenvalue weighted by atomic mass is 35.5. The van der Waals surface area contributed by atoms with Gasteiger partial charge in [0.1, 0.15) is 11.6 Å². The first-order chi connectivity index (χ1) is 9.08. The van der Waals surface area contributed by atoms with E-state index >= 15 is 0 Å². The van der Waals surface area contributed by atoms with Crippen LogP contribution in [-0.4, -0.2) is 9.97 Å². The molecule has 0 fully saturated rings. The molecule has 0 aliphatic rings. The predicted molar refractivity (Wildman–Crippen MR) is 73.1 cm³/mol. The van der Waals surface area contributed by atoms with Gasteiger partial charge in [-0.05, 0) is 24.1 Å². The van der Waals surface area contributed by atoms with Crippen LogP contribution in [0, 0.1) is 5.82 Å². The van der Waals surface area contributed by atoms with Crippen LogP contribution in [0.25, 0.3) is 0 Å². The lowest BCUT2D eigenvalue weighted by atomic mass is 10.1. The number of nitrogens with zero attached hydrogens (tertiary/aromatic N) is 1. The van der Waals surface area contributed by atoms with Crippen LogP contribution in [-0.2, 0) is 12.8 Å². The summed E-state index contributed by atoms with van der Waals surface area (Å²) in [5.74, 6) is 0.166. The maximum Gasteiger partial charge on any atom is 0.251 e. The Morgan fingerprint density at radius 1 is 1.37 bits per heavy atom. The van der Waals surface area contributed by atoms with E-state index in [1.54, 1.807) is 6.07 Å². The number of hydrogen-bond acceptors (Lipinski definition) is 2. The van der Waals surface area contributed by atoms with E-state index < -0.39 is 0 Å². The number of nitrogens with one attached hydrogen (secondary N) is 1. The molecule has 1 aromatic heterocycles. The lowest BCUT2D eigenvalue weighted by Crippen LogP contribution is -2.13. The Morgan fingerprint density at radius 3 is 2.84 bits per heavy atom. The zero-order valence-electron chi connectivity index (χ0n) is 10.5. The molecule has 2 aromatic rings. The third kappa shape index (κ3) is 3.64. The summed E-state index contributed by atoms with van der Waals surface area (Å²) in [5, 5.41) is 0.337. The van der Waals surface area contributed by atoms with Crippen molar-refractivity contribution >= 4 is 11.6 Å². The molecule has 2 rings (SSSR count). The normalized spacial score (nSPS) is 10.7. The Balaban J connectivity index is 2.30. The minimum atomic E-state index is -0.380. The first-order valence-corrected chi connectivity index (χ1v) is 6.49. The maximum absolute atomic E-state index is 13.0. The molecule has 0 atom stereocenters. The Hall–Kier alpha value is -1.68. The average molecular weight is 281 g/mol. The Morgan fingerprint density at radius 2 is 2.16 bits per heavy atom. The summed E-state index contributed by atoms with van der Waals surface area (Å²) in [6.07, 6.45) is 2.06. The van der Waals surface area contributed by atoms with Crippen molar-refractivity contribution in [2.24, 2.45) is 0 Å². The summed E-state index contributed by atoms with van der Waals surface area (Å²) >= 11 is 5.96. The van der Waals surface area contributed by atoms with E-state index in [0.717, 1.165) is 24.1 Å². The smallest absolute Gasteiger partial charge is 0.251 e. The molecule has 0 unspecified atom stereocenters. The molecule has 0 radical (unpaired) electrons. The summed E-state index contributed by atoms with van der Waals surface area (Å²) in [5.41, 5.74) is 1.33. The molecule has 1 N–H and O–H groups in total. The Kier molecular flexibility index (Phi) is 4.32. The van der Waals surface area contributed by atoms with Gasteiger partial charge in [0.15, 0.2) is 0 Å². The van der Waals surface area contributed by atoms with Gasteiger partial charge in [-0.15, -0.1) is 0 Å². The van der Waals surface area contributed by atoms with Crippen molar-refractivity contribution in [3.8, 4) is 0 Å². The quantitative estimate of drug-likeness (QED) is 0.935. The highest BCUT2D eigenvalue weighted by molar-refractivity contribution is 6.31. The van der Waals surface area contributed by atoms with Crippen LogP contribution in [0.15, 0.2) is 29.1 Å². The molecular formula is C14H14ClFN2O. The molecule has 0 bridgehead atoms. The number of rotatable bonds is 4. The monoisotopic (exact) mass is 280 g/mol. The molecule has 1 heterocycles. The maximum atomic E-state index is 13.0. The molecule has 0 spiro atoms. The fraction of sp³-hybridized carbons (Fsp3) is 0.286. The van der Waals surface area contributed by atoms with Gasteiger partial charge in [0.05, 0.1) is 0 Å². The highest BCUT2D eigenvalue weighted by Crippen LogP contribution is 2.19. The molecule has 3 nitrogen and oxygen atoms in total. The largest absolute Gasteiger partial charge is 0.310 e. The number of hydrogen-bond donors (Lipinski definition) is 1. The topological polar surface area (TPSA) is 45.8 Å². The van der Waals surface area contributed by atoms with Gasteiger partial charge in [-0.3, -0.25) is 4.79 Å². The van der Waals surface area contributed by atoms with Gasteiger partial charge < -0.3 is 4.98 Å². The van der Waals surface area contributed by atoms with Gasteiger partial charge in [0.2, 0.25) is 0 Å². The van der Waals surface area contributed by atoms with E-state index in [4.69, 9.17) is 11.6 Å². The van der Waals surface area contributed by atoms with Crippen LogP contribution in [0.2, 0.25) is 5.02 Å². The number of aromatic nitrogens is 2. The van der Waals surface area contributed by atoms with Crippen LogP contribution in [0.1, 0.15) is 30.4 Å². The number of halogens is 2. The van der Waals surface area contributed by atoms with Crippen molar-refractivity contribution < 1.29 is 4.39 Å². The SMILES string of the molecule is CCCc1cc(=O)[nH]c(Cc2ccc(F)cc2Cl)n1. The van der Waals surface area contributed by atoms with Gasteiger partial charge in [-0.1, -0.05) is 31.0 Å². The summed E-state index contributed by atoms with van der Waals surface area (Å²) < 4.78 is 13.0.